The summed E-state index contributed by atoms with van der Waals surface area (Å²) in [5, 5.41) is 2.06. The van der Waals surface area contributed by atoms with Crippen LogP contribution >= 0.6 is 27.3 Å². The summed E-state index contributed by atoms with van der Waals surface area (Å²) in [5.74, 6) is 2.61. The van der Waals surface area contributed by atoms with E-state index in [1.54, 1.807) is 11.3 Å². The van der Waals surface area contributed by atoms with E-state index in [4.69, 9.17) is 0 Å². The van der Waals surface area contributed by atoms with Crippen LogP contribution in [-0.4, -0.2) is 5.78 Å². The molecule has 3 unspecified atom stereocenters. The van der Waals surface area contributed by atoms with Gasteiger partial charge in [0.05, 0.1) is 0 Å². The molecule has 3 atom stereocenters. The van der Waals surface area contributed by atoms with Crippen LogP contribution in [0.1, 0.15) is 49.8 Å². The molecule has 1 aromatic heterocycles. The van der Waals surface area contributed by atoms with Crippen LogP contribution in [0.4, 0.5) is 0 Å². The van der Waals surface area contributed by atoms with Gasteiger partial charge in [-0.1, -0.05) is 25.7 Å². The van der Waals surface area contributed by atoms with Gasteiger partial charge in [0.15, 0.2) is 0 Å². The van der Waals surface area contributed by atoms with Crippen molar-refractivity contribution in [2.75, 3.05) is 0 Å². The molecule has 0 amide bonds. The van der Waals surface area contributed by atoms with Gasteiger partial charge in [-0.15, -0.1) is 11.3 Å². The van der Waals surface area contributed by atoms with Crippen molar-refractivity contribution < 1.29 is 4.79 Å². The van der Waals surface area contributed by atoms with Crippen molar-refractivity contribution in [3.63, 3.8) is 0 Å². The number of fused-ring (bicyclic) bond motifs is 1. The Morgan fingerprint density at radius 1 is 1.21 bits per heavy atom. The second-order valence-corrected chi connectivity index (χ2v) is 8.00. The molecule has 3 rings (SSSR count). The fourth-order valence-electron chi connectivity index (χ4n) is 3.92. The average Bonchev–Trinajstić information content (AvgIpc) is 2.84. The number of thiophene rings is 1. The summed E-state index contributed by atoms with van der Waals surface area (Å²) < 4.78 is 1.11. The zero-order chi connectivity index (χ0) is 13.2. The Labute approximate surface area is 127 Å². The van der Waals surface area contributed by atoms with Gasteiger partial charge >= 0.3 is 0 Å². The topological polar surface area (TPSA) is 17.1 Å². The van der Waals surface area contributed by atoms with E-state index in [1.807, 2.05) is 6.07 Å². The molecular formula is C16H21BrOS. The van der Waals surface area contributed by atoms with Crippen LogP contribution in [0.3, 0.4) is 0 Å². The first-order chi connectivity index (χ1) is 9.24. The maximum Gasteiger partial charge on any atom is 0.141 e. The standard InChI is InChI=1S/C16H21BrOS/c17-14-7-8-19-16(14)10-15(18)13-6-5-11-3-1-2-4-12(11)9-13/h7-8,11-13H,1-6,9-10H2. The van der Waals surface area contributed by atoms with Crippen LogP contribution in [0.25, 0.3) is 0 Å². The van der Waals surface area contributed by atoms with Gasteiger partial charge in [0, 0.05) is 21.7 Å². The number of hydrogen-bond donors (Lipinski definition) is 0. The second-order valence-electron chi connectivity index (χ2n) is 6.15. The number of halogens is 1. The summed E-state index contributed by atoms with van der Waals surface area (Å²) in [5.41, 5.74) is 0. The van der Waals surface area contributed by atoms with Gasteiger partial charge in [0.1, 0.15) is 5.78 Å². The highest BCUT2D eigenvalue weighted by Crippen LogP contribution is 2.43. The fraction of sp³-hybridized carbons (Fsp3) is 0.688. The van der Waals surface area contributed by atoms with Gasteiger partial charge in [-0.3, -0.25) is 4.79 Å². The lowest BCUT2D eigenvalue weighted by atomic mass is 9.66. The number of rotatable bonds is 3. The van der Waals surface area contributed by atoms with E-state index >= 15 is 0 Å². The minimum Gasteiger partial charge on any atom is -0.299 e. The van der Waals surface area contributed by atoms with Crippen LogP contribution < -0.4 is 0 Å². The summed E-state index contributed by atoms with van der Waals surface area (Å²) in [6.45, 7) is 0. The van der Waals surface area contributed by atoms with Crippen LogP contribution in [0.2, 0.25) is 0 Å². The molecule has 1 aromatic rings. The lowest BCUT2D eigenvalue weighted by molar-refractivity contribution is -0.124. The van der Waals surface area contributed by atoms with Crippen molar-refractivity contribution in [2.45, 2.75) is 51.4 Å². The third-order valence-corrected chi connectivity index (χ3v) is 6.95. The Morgan fingerprint density at radius 3 is 2.74 bits per heavy atom. The van der Waals surface area contributed by atoms with Crippen molar-refractivity contribution in [1.82, 2.24) is 0 Å². The van der Waals surface area contributed by atoms with Gasteiger partial charge in [-0.25, -0.2) is 0 Å². The Hall–Kier alpha value is -0.150. The Bertz CT molecular complexity index is 453. The molecule has 1 nitrogen and oxygen atoms in total. The molecule has 0 aliphatic heterocycles. The smallest absolute Gasteiger partial charge is 0.141 e. The molecule has 19 heavy (non-hydrogen) atoms. The highest BCUT2D eigenvalue weighted by molar-refractivity contribution is 9.10. The third kappa shape index (κ3) is 3.13. The van der Waals surface area contributed by atoms with E-state index in [0.29, 0.717) is 18.1 Å². The largest absolute Gasteiger partial charge is 0.299 e. The monoisotopic (exact) mass is 340 g/mol. The van der Waals surface area contributed by atoms with E-state index in [1.165, 1.54) is 43.4 Å². The minimum absolute atomic E-state index is 0.341. The van der Waals surface area contributed by atoms with Gasteiger partial charge in [-0.2, -0.15) is 0 Å². The first-order valence-corrected chi connectivity index (χ1v) is 9.16. The summed E-state index contributed by atoms with van der Waals surface area (Å²) in [6, 6.07) is 2.05. The molecule has 0 radical (unpaired) electrons. The van der Waals surface area contributed by atoms with Crippen LogP contribution in [0.5, 0.6) is 0 Å². The normalized spacial score (nSPS) is 30.9. The van der Waals surface area contributed by atoms with Crippen molar-refractivity contribution >= 4 is 33.0 Å². The van der Waals surface area contributed by atoms with E-state index in [-0.39, 0.29) is 0 Å². The van der Waals surface area contributed by atoms with E-state index in [9.17, 15) is 4.79 Å². The predicted octanol–water partition coefficient (Wildman–Crippen LogP) is 5.23. The number of ketones is 1. The molecule has 2 aliphatic rings. The molecule has 0 aromatic carbocycles. The van der Waals surface area contributed by atoms with E-state index in [2.05, 4.69) is 21.3 Å². The zero-order valence-corrected chi connectivity index (χ0v) is 13.6. The molecule has 0 spiro atoms. The summed E-state index contributed by atoms with van der Waals surface area (Å²) >= 11 is 5.23. The molecule has 2 saturated carbocycles. The first kappa shape index (κ1) is 13.8. The van der Waals surface area contributed by atoms with Crippen molar-refractivity contribution in [3.05, 3.63) is 20.8 Å². The summed E-state index contributed by atoms with van der Waals surface area (Å²) in [7, 11) is 0. The van der Waals surface area contributed by atoms with E-state index in [0.717, 1.165) is 22.7 Å². The number of carbonyl (C=O) groups is 1. The molecule has 3 heteroatoms. The molecule has 104 valence electrons. The van der Waals surface area contributed by atoms with Crippen LogP contribution in [0, 0.1) is 17.8 Å². The number of Topliss-reactive ketones (excluding diaryl/α,β-unsaturated/α-hetero) is 1. The Morgan fingerprint density at radius 2 is 2.00 bits per heavy atom. The zero-order valence-electron chi connectivity index (χ0n) is 11.2. The highest BCUT2D eigenvalue weighted by Gasteiger charge is 2.34. The maximum atomic E-state index is 12.5. The van der Waals surface area contributed by atoms with Gasteiger partial charge in [0.25, 0.3) is 0 Å². The molecular weight excluding hydrogens is 320 g/mol. The fourth-order valence-corrected chi connectivity index (χ4v) is 5.42. The Balaban J connectivity index is 1.60. The quantitative estimate of drug-likeness (QED) is 0.736. The van der Waals surface area contributed by atoms with Crippen molar-refractivity contribution in [2.24, 2.45) is 17.8 Å². The lowest BCUT2D eigenvalue weighted by Gasteiger charge is -2.38. The van der Waals surface area contributed by atoms with Gasteiger partial charge < -0.3 is 0 Å². The number of carbonyl (C=O) groups excluding carboxylic acids is 1. The minimum atomic E-state index is 0.341. The van der Waals surface area contributed by atoms with Crippen LogP contribution in [0.15, 0.2) is 15.9 Å². The molecule has 1 heterocycles. The molecule has 2 aliphatic carbocycles. The summed E-state index contributed by atoms with van der Waals surface area (Å²) in [4.78, 5) is 13.7. The summed E-state index contributed by atoms with van der Waals surface area (Å²) in [6.07, 6.45) is 9.85. The predicted molar refractivity (Wildman–Crippen MR) is 83.5 cm³/mol. The Kier molecular flexibility index (Phi) is 4.43. The average molecular weight is 341 g/mol. The van der Waals surface area contributed by atoms with Crippen molar-refractivity contribution in [1.29, 1.82) is 0 Å². The first-order valence-electron chi connectivity index (χ1n) is 7.48. The molecule has 0 bridgehead atoms. The maximum absolute atomic E-state index is 12.5. The van der Waals surface area contributed by atoms with E-state index < -0.39 is 0 Å². The van der Waals surface area contributed by atoms with Crippen LogP contribution in [-0.2, 0) is 11.2 Å². The third-order valence-electron chi connectivity index (χ3n) is 5.02. The van der Waals surface area contributed by atoms with Gasteiger partial charge in [-0.05, 0) is 58.5 Å². The molecule has 0 N–H and O–H groups in total. The molecule has 0 saturated heterocycles. The van der Waals surface area contributed by atoms with Gasteiger partial charge in [0.2, 0.25) is 0 Å². The SMILES string of the molecule is O=C(Cc1sccc1Br)C1CCC2CCCCC2C1. The lowest BCUT2D eigenvalue weighted by Crippen LogP contribution is -2.31. The van der Waals surface area contributed by atoms with Crippen molar-refractivity contribution in [3.8, 4) is 0 Å². The molecule has 2 fully saturated rings. The second kappa shape index (κ2) is 6.09. The highest BCUT2D eigenvalue weighted by atomic mass is 79.9. The number of hydrogen-bond acceptors (Lipinski definition) is 2.